The minimum atomic E-state index is -0.853. The molecule has 1 aromatic rings. The van der Waals surface area contributed by atoms with E-state index in [0.29, 0.717) is 31.0 Å². The summed E-state index contributed by atoms with van der Waals surface area (Å²) in [4.78, 5) is 26.3. The number of piperazine rings is 1. The van der Waals surface area contributed by atoms with Gasteiger partial charge in [-0.1, -0.05) is 12.1 Å². The zero-order valence-corrected chi connectivity index (χ0v) is 12.1. The fourth-order valence-corrected chi connectivity index (χ4v) is 2.33. The molecule has 1 N–H and O–H groups in total. The van der Waals surface area contributed by atoms with Crippen LogP contribution in [0.2, 0.25) is 0 Å². The molecule has 0 spiro atoms. The highest BCUT2D eigenvalue weighted by Crippen LogP contribution is 2.25. The molecule has 1 aliphatic heterocycles. The van der Waals surface area contributed by atoms with Crippen LogP contribution in [0.5, 0.6) is 5.75 Å². The van der Waals surface area contributed by atoms with Crippen LogP contribution in [0.1, 0.15) is 31.1 Å². The van der Waals surface area contributed by atoms with Crippen LogP contribution in [0, 0.1) is 0 Å². The molecule has 1 fully saturated rings. The highest BCUT2D eigenvalue weighted by atomic mass is 16.5. The predicted molar refractivity (Wildman–Crippen MR) is 75.7 cm³/mol. The maximum atomic E-state index is 12.7. The summed E-state index contributed by atoms with van der Waals surface area (Å²) in [5.74, 6) is 0.252. The molecule has 0 bridgehead atoms. The lowest BCUT2D eigenvalue weighted by molar-refractivity contribution is -0.133. The van der Waals surface area contributed by atoms with E-state index in [1.807, 2.05) is 13.0 Å². The number of hydrogen-bond acceptors (Lipinski definition) is 3. The second-order valence-corrected chi connectivity index (χ2v) is 5.20. The first-order chi connectivity index (χ1) is 9.48. The molecular weight excluding hydrogens is 256 g/mol. The average molecular weight is 276 g/mol. The Labute approximate surface area is 118 Å². The molecule has 5 heteroatoms. The molecule has 1 aliphatic rings. The van der Waals surface area contributed by atoms with Gasteiger partial charge in [-0.25, -0.2) is 0 Å². The van der Waals surface area contributed by atoms with Crippen LogP contribution in [-0.4, -0.2) is 41.9 Å². The Bertz CT molecular complexity index is 526. The molecule has 0 saturated carbocycles. The van der Waals surface area contributed by atoms with Gasteiger partial charge in [0.25, 0.3) is 5.91 Å². The first-order valence-corrected chi connectivity index (χ1v) is 6.80. The number of para-hydroxylation sites is 1. The van der Waals surface area contributed by atoms with Gasteiger partial charge < -0.3 is 15.0 Å². The zero-order valence-electron chi connectivity index (χ0n) is 12.1. The van der Waals surface area contributed by atoms with E-state index in [0.717, 1.165) is 0 Å². The maximum absolute atomic E-state index is 12.7. The van der Waals surface area contributed by atoms with Gasteiger partial charge in [-0.05, 0) is 32.9 Å². The van der Waals surface area contributed by atoms with E-state index in [-0.39, 0.29) is 11.8 Å². The Kier molecular flexibility index (Phi) is 3.97. The summed E-state index contributed by atoms with van der Waals surface area (Å²) in [6, 6.07) is 7.13. The van der Waals surface area contributed by atoms with Gasteiger partial charge in [-0.2, -0.15) is 0 Å². The summed E-state index contributed by atoms with van der Waals surface area (Å²) in [6.45, 7) is 6.85. The van der Waals surface area contributed by atoms with Gasteiger partial charge in [-0.15, -0.1) is 0 Å². The maximum Gasteiger partial charge on any atom is 0.258 e. The van der Waals surface area contributed by atoms with Crippen molar-refractivity contribution in [3.05, 3.63) is 29.8 Å². The molecule has 0 atom stereocenters. The van der Waals surface area contributed by atoms with Gasteiger partial charge in [-0.3, -0.25) is 9.59 Å². The summed E-state index contributed by atoms with van der Waals surface area (Å²) in [5.41, 5.74) is -0.355. The fraction of sp³-hybridized carbons (Fsp3) is 0.467. The number of ether oxygens (including phenoxy) is 1. The van der Waals surface area contributed by atoms with Crippen molar-refractivity contribution in [2.75, 3.05) is 19.7 Å². The van der Waals surface area contributed by atoms with Crippen LogP contribution in [-0.2, 0) is 4.79 Å². The van der Waals surface area contributed by atoms with Crippen LogP contribution in [0.4, 0.5) is 0 Å². The van der Waals surface area contributed by atoms with Crippen LogP contribution in [0.15, 0.2) is 24.3 Å². The quantitative estimate of drug-likeness (QED) is 0.908. The first-order valence-electron chi connectivity index (χ1n) is 6.80. The molecule has 2 amide bonds. The third-order valence-electron chi connectivity index (χ3n) is 3.51. The summed E-state index contributed by atoms with van der Waals surface area (Å²) in [7, 11) is 0. The molecule has 2 rings (SSSR count). The molecule has 1 saturated heterocycles. The van der Waals surface area contributed by atoms with Crippen molar-refractivity contribution in [2.24, 2.45) is 0 Å². The average Bonchev–Trinajstić information content (AvgIpc) is 2.42. The Morgan fingerprint density at radius 1 is 1.40 bits per heavy atom. The normalized spacial score (nSPS) is 17.6. The lowest BCUT2D eigenvalue weighted by Crippen LogP contribution is -2.63. The summed E-state index contributed by atoms with van der Waals surface area (Å²) >= 11 is 0. The van der Waals surface area contributed by atoms with Crippen LogP contribution in [0.25, 0.3) is 0 Å². The Hall–Kier alpha value is -2.04. The minimum absolute atomic E-state index is 0.133. The summed E-state index contributed by atoms with van der Waals surface area (Å²) < 4.78 is 5.50. The molecule has 5 nitrogen and oxygen atoms in total. The van der Waals surface area contributed by atoms with Gasteiger partial charge in [0.05, 0.1) is 12.2 Å². The number of hydrogen-bond donors (Lipinski definition) is 1. The fourth-order valence-electron chi connectivity index (χ4n) is 2.33. The standard InChI is InChI=1S/C15H20N2O3/c1-4-20-12-8-6-5-7-11(12)13(18)17-10-9-16-14(19)15(17,2)3/h5-8H,4,9-10H2,1-3H3,(H,16,19). The molecule has 1 heterocycles. The molecule has 0 aliphatic carbocycles. The molecule has 1 aromatic carbocycles. The SMILES string of the molecule is CCOc1ccccc1C(=O)N1CCNC(=O)C1(C)C. The first kappa shape index (κ1) is 14.4. The van der Waals surface area contributed by atoms with E-state index in [9.17, 15) is 9.59 Å². The lowest BCUT2D eigenvalue weighted by atomic mass is 9.97. The van der Waals surface area contributed by atoms with E-state index in [1.165, 1.54) is 0 Å². The van der Waals surface area contributed by atoms with E-state index in [1.54, 1.807) is 36.9 Å². The van der Waals surface area contributed by atoms with Crippen molar-refractivity contribution in [2.45, 2.75) is 26.3 Å². The van der Waals surface area contributed by atoms with Crippen molar-refractivity contribution < 1.29 is 14.3 Å². The second-order valence-electron chi connectivity index (χ2n) is 5.20. The van der Waals surface area contributed by atoms with E-state index in [4.69, 9.17) is 4.74 Å². The van der Waals surface area contributed by atoms with Gasteiger partial charge in [0, 0.05) is 13.1 Å². The largest absolute Gasteiger partial charge is 0.493 e. The number of nitrogens with one attached hydrogen (secondary N) is 1. The Balaban J connectivity index is 2.33. The third kappa shape index (κ3) is 2.48. The highest BCUT2D eigenvalue weighted by molar-refractivity contribution is 6.01. The molecule has 0 unspecified atom stereocenters. The van der Waals surface area contributed by atoms with E-state index < -0.39 is 5.54 Å². The molecule has 20 heavy (non-hydrogen) atoms. The van der Waals surface area contributed by atoms with Gasteiger partial charge in [0.2, 0.25) is 5.91 Å². The molecule has 108 valence electrons. The van der Waals surface area contributed by atoms with Gasteiger partial charge in [0.15, 0.2) is 0 Å². The Morgan fingerprint density at radius 2 is 2.10 bits per heavy atom. The number of nitrogens with zero attached hydrogens (tertiary/aromatic N) is 1. The van der Waals surface area contributed by atoms with Crippen molar-refractivity contribution in [3.8, 4) is 5.75 Å². The number of carbonyl (C=O) groups excluding carboxylic acids is 2. The Morgan fingerprint density at radius 3 is 2.80 bits per heavy atom. The third-order valence-corrected chi connectivity index (χ3v) is 3.51. The van der Waals surface area contributed by atoms with Gasteiger partial charge >= 0.3 is 0 Å². The smallest absolute Gasteiger partial charge is 0.258 e. The zero-order chi connectivity index (χ0) is 14.8. The van der Waals surface area contributed by atoms with Crippen LogP contribution in [0.3, 0.4) is 0 Å². The lowest BCUT2D eigenvalue weighted by Gasteiger charge is -2.41. The van der Waals surface area contributed by atoms with E-state index >= 15 is 0 Å². The number of amides is 2. The molecule has 0 radical (unpaired) electrons. The summed E-state index contributed by atoms with van der Waals surface area (Å²) in [6.07, 6.45) is 0. The predicted octanol–water partition coefficient (Wildman–Crippen LogP) is 1.44. The number of benzene rings is 1. The monoisotopic (exact) mass is 276 g/mol. The molecular formula is C15H20N2O3. The van der Waals surface area contributed by atoms with Crippen molar-refractivity contribution >= 4 is 11.8 Å². The molecule has 0 aromatic heterocycles. The van der Waals surface area contributed by atoms with Crippen LogP contribution < -0.4 is 10.1 Å². The summed E-state index contributed by atoms with van der Waals surface area (Å²) in [5, 5.41) is 2.78. The topological polar surface area (TPSA) is 58.6 Å². The van der Waals surface area contributed by atoms with Gasteiger partial charge in [0.1, 0.15) is 11.3 Å². The van der Waals surface area contributed by atoms with Crippen LogP contribution >= 0.6 is 0 Å². The van der Waals surface area contributed by atoms with E-state index in [2.05, 4.69) is 5.32 Å². The highest BCUT2D eigenvalue weighted by Gasteiger charge is 2.41. The number of rotatable bonds is 3. The second kappa shape index (κ2) is 5.53. The number of carbonyl (C=O) groups is 2. The minimum Gasteiger partial charge on any atom is -0.493 e. The van der Waals surface area contributed by atoms with Crippen molar-refractivity contribution in [3.63, 3.8) is 0 Å². The van der Waals surface area contributed by atoms with Crippen molar-refractivity contribution in [1.29, 1.82) is 0 Å². The van der Waals surface area contributed by atoms with Crippen molar-refractivity contribution in [1.82, 2.24) is 10.2 Å².